The van der Waals surface area contributed by atoms with E-state index in [1.807, 2.05) is 10.7 Å². The minimum absolute atomic E-state index is 0.211. The Hall–Kier alpha value is -2.83. The van der Waals surface area contributed by atoms with Crippen molar-refractivity contribution in [2.24, 2.45) is 0 Å². The Morgan fingerprint density at radius 1 is 1.21 bits per heavy atom. The fourth-order valence-corrected chi connectivity index (χ4v) is 2.74. The van der Waals surface area contributed by atoms with E-state index in [9.17, 15) is 9.59 Å². The third-order valence-electron chi connectivity index (χ3n) is 4.25. The lowest BCUT2D eigenvalue weighted by molar-refractivity contribution is 0.102. The van der Waals surface area contributed by atoms with E-state index in [0.717, 1.165) is 5.69 Å². The minimum Gasteiger partial charge on any atom is -0.449 e. The van der Waals surface area contributed by atoms with Crippen LogP contribution in [0, 0.1) is 0 Å². The molecule has 152 valence electrons. The largest absolute Gasteiger partial charge is 0.449 e. The molecular formula is C21H30N4O3. The molecule has 0 unspecified atom stereocenters. The maximum atomic E-state index is 12.7. The standard InChI is InChI=1S/C21H30N4O3/c1-8-28-20(27)24(7)16-11-9-15(10-12-16)22-19(26)17-13-18(14(2)3)25(23-17)21(4,5)6/h9-14H,8H2,1-7H3,(H,22,26). The molecule has 1 aromatic heterocycles. The molecule has 1 N–H and O–H groups in total. The van der Waals surface area contributed by atoms with Crippen LogP contribution >= 0.6 is 0 Å². The molecule has 2 amide bonds. The average Bonchev–Trinajstić information content (AvgIpc) is 3.08. The van der Waals surface area contributed by atoms with Crippen molar-refractivity contribution >= 4 is 23.4 Å². The molecule has 1 heterocycles. The van der Waals surface area contributed by atoms with Gasteiger partial charge < -0.3 is 10.1 Å². The van der Waals surface area contributed by atoms with E-state index in [1.165, 1.54) is 4.90 Å². The summed E-state index contributed by atoms with van der Waals surface area (Å²) in [5, 5.41) is 7.38. The van der Waals surface area contributed by atoms with E-state index < -0.39 is 6.09 Å². The van der Waals surface area contributed by atoms with Crippen LogP contribution in [-0.2, 0) is 10.3 Å². The van der Waals surface area contributed by atoms with E-state index in [0.29, 0.717) is 23.7 Å². The Morgan fingerprint density at radius 3 is 2.29 bits per heavy atom. The number of carbonyl (C=O) groups is 2. The molecule has 0 bridgehead atoms. The zero-order valence-corrected chi connectivity index (χ0v) is 17.7. The van der Waals surface area contributed by atoms with Crippen LogP contribution in [0.3, 0.4) is 0 Å². The predicted molar refractivity (Wildman–Crippen MR) is 111 cm³/mol. The molecule has 0 fully saturated rings. The van der Waals surface area contributed by atoms with Crippen LogP contribution in [0.15, 0.2) is 30.3 Å². The van der Waals surface area contributed by atoms with Gasteiger partial charge in [-0.3, -0.25) is 14.4 Å². The molecule has 0 aliphatic carbocycles. The number of anilines is 2. The summed E-state index contributed by atoms with van der Waals surface area (Å²) < 4.78 is 6.88. The van der Waals surface area contributed by atoms with Crippen LogP contribution in [0.5, 0.6) is 0 Å². The first-order valence-electron chi connectivity index (χ1n) is 9.47. The molecule has 2 rings (SSSR count). The van der Waals surface area contributed by atoms with E-state index in [2.05, 4.69) is 45.0 Å². The monoisotopic (exact) mass is 386 g/mol. The first-order valence-corrected chi connectivity index (χ1v) is 9.47. The van der Waals surface area contributed by atoms with Crippen molar-refractivity contribution in [1.29, 1.82) is 0 Å². The van der Waals surface area contributed by atoms with Crippen LogP contribution in [0.4, 0.5) is 16.2 Å². The molecular weight excluding hydrogens is 356 g/mol. The maximum absolute atomic E-state index is 12.7. The molecule has 1 aromatic carbocycles. The van der Waals surface area contributed by atoms with E-state index >= 15 is 0 Å². The maximum Gasteiger partial charge on any atom is 0.413 e. The number of ether oxygens (including phenoxy) is 1. The number of amides is 2. The molecule has 0 spiro atoms. The van der Waals surface area contributed by atoms with E-state index in [-0.39, 0.29) is 17.4 Å². The zero-order chi connectivity index (χ0) is 21.1. The Labute approximate surface area is 166 Å². The van der Waals surface area contributed by atoms with Gasteiger partial charge in [-0.05, 0) is 63.9 Å². The summed E-state index contributed by atoms with van der Waals surface area (Å²) in [4.78, 5) is 25.9. The highest BCUT2D eigenvalue weighted by molar-refractivity contribution is 6.03. The SMILES string of the molecule is CCOC(=O)N(C)c1ccc(NC(=O)c2cc(C(C)C)n(C(C)(C)C)n2)cc1. The molecule has 0 atom stereocenters. The lowest BCUT2D eigenvalue weighted by Crippen LogP contribution is -2.27. The molecule has 0 aliphatic heterocycles. The number of hydrogen-bond donors (Lipinski definition) is 1. The van der Waals surface area contributed by atoms with Crippen LogP contribution in [-0.4, -0.2) is 35.4 Å². The smallest absolute Gasteiger partial charge is 0.413 e. The van der Waals surface area contributed by atoms with Crippen LogP contribution < -0.4 is 10.2 Å². The molecule has 7 heteroatoms. The molecule has 0 saturated heterocycles. The number of aromatic nitrogens is 2. The molecule has 0 radical (unpaired) electrons. The van der Waals surface area contributed by atoms with Crippen molar-refractivity contribution in [1.82, 2.24) is 9.78 Å². The van der Waals surface area contributed by atoms with E-state index in [4.69, 9.17) is 4.74 Å². The van der Waals surface area contributed by atoms with Gasteiger partial charge in [-0.15, -0.1) is 0 Å². The number of rotatable bonds is 5. The summed E-state index contributed by atoms with van der Waals surface area (Å²) in [6, 6.07) is 8.83. The van der Waals surface area contributed by atoms with Crippen molar-refractivity contribution in [3.63, 3.8) is 0 Å². The van der Waals surface area contributed by atoms with Gasteiger partial charge in [0.15, 0.2) is 5.69 Å². The topological polar surface area (TPSA) is 76.5 Å². The average molecular weight is 386 g/mol. The number of nitrogens with one attached hydrogen (secondary N) is 1. The van der Waals surface area contributed by atoms with Gasteiger partial charge in [0.1, 0.15) is 0 Å². The number of benzene rings is 1. The second kappa shape index (κ2) is 8.46. The Kier molecular flexibility index (Phi) is 6.48. The molecule has 0 saturated carbocycles. The van der Waals surface area contributed by atoms with Crippen molar-refractivity contribution in [3.05, 3.63) is 41.7 Å². The quantitative estimate of drug-likeness (QED) is 0.814. The van der Waals surface area contributed by atoms with Gasteiger partial charge in [0.25, 0.3) is 5.91 Å². The van der Waals surface area contributed by atoms with Crippen LogP contribution in [0.25, 0.3) is 0 Å². The van der Waals surface area contributed by atoms with Crippen LogP contribution in [0.1, 0.15) is 63.6 Å². The van der Waals surface area contributed by atoms with Crippen molar-refractivity contribution in [3.8, 4) is 0 Å². The highest BCUT2D eigenvalue weighted by Crippen LogP contribution is 2.24. The van der Waals surface area contributed by atoms with Gasteiger partial charge in [0, 0.05) is 24.1 Å². The van der Waals surface area contributed by atoms with Gasteiger partial charge in [-0.2, -0.15) is 5.10 Å². The molecule has 28 heavy (non-hydrogen) atoms. The highest BCUT2D eigenvalue weighted by Gasteiger charge is 2.23. The van der Waals surface area contributed by atoms with Crippen molar-refractivity contribution in [2.45, 2.75) is 53.0 Å². The van der Waals surface area contributed by atoms with Gasteiger partial charge in [-0.1, -0.05) is 13.8 Å². The number of hydrogen-bond acceptors (Lipinski definition) is 4. The number of nitrogens with zero attached hydrogens (tertiary/aromatic N) is 3. The van der Waals surface area contributed by atoms with Crippen molar-refractivity contribution < 1.29 is 14.3 Å². The second-order valence-electron chi connectivity index (χ2n) is 7.95. The van der Waals surface area contributed by atoms with Gasteiger partial charge >= 0.3 is 6.09 Å². The van der Waals surface area contributed by atoms with Crippen LogP contribution in [0.2, 0.25) is 0 Å². The normalized spacial score (nSPS) is 11.4. The Morgan fingerprint density at radius 2 is 1.82 bits per heavy atom. The fraction of sp³-hybridized carbons (Fsp3) is 0.476. The first-order chi connectivity index (χ1) is 13.0. The third-order valence-corrected chi connectivity index (χ3v) is 4.25. The summed E-state index contributed by atoms with van der Waals surface area (Å²) in [5.74, 6) is -0.0117. The van der Waals surface area contributed by atoms with Gasteiger partial charge in [0.2, 0.25) is 0 Å². The molecule has 2 aromatic rings. The lowest BCUT2D eigenvalue weighted by Gasteiger charge is -2.23. The summed E-state index contributed by atoms with van der Waals surface area (Å²) in [6.07, 6.45) is -0.423. The predicted octanol–water partition coefficient (Wildman–Crippen LogP) is 4.61. The minimum atomic E-state index is -0.423. The second-order valence-corrected chi connectivity index (χ2v) is 7.95. The molecule has 0 aliphatic rings. The third kappa shape index (κ3) is 4.91. The lowest BCUT2D eigenvalue weighted by atomic mass is 10.1. The zero-order valence-electron chi connectivity index (χ0n) is 17.7. The first kappa shape index (κ1) is 21.5. The number of carbonyl (C=O) groups excluding carboxylic acids is 2. The van der Waals surface area contributed by atoms with Gasteiger partial charge in [-0.25, -0.2) is 4.79 Å². The van der Waals surface area contributed by atoms with E-state index in [1.54, 1.807) is 38.2 Å². The van der Waals surface area contributed by atoms with Crippen molar-refractivity contribution in [2.75, 3.05) is 23.9 Å². The Bertz CT molecular complexity index is 832. The Balaban J connectivity index is 2.16. The summed E-state index contributed by atoms with van der Waals surface area (Å²) in [6.45, 7) is 12.4. The van der Waals surface area contributed by atoms with Gasteiger partial charge in [0.05, 0.1) is 12.1 Å². The summed E-state index contributed by atoms with van der Waals surface area (Å²) >= 11 is 0. The summed E-state index contributed by atoms with van der Waals surface area (Å²) in [7, 11) is 1.64. The fourth-order valence-electron chi connectivity index (χ4n) is 2.74. The summed E-state index contributed by atoms with van der Waals surface area (Å²) in [5.41, 5.74) is 2.49. The molecule has 7 nitrogen and oxygen atoms in total. The highest BCUT2D eigenvalue weighted by atomic mass is 16.6.